The highest BCUT2D eigenvalue weighted by molar-refractivity contribution is 6.44. The van der Waals surface area contributed by atoms with Crippen LogP contribution in [0.1, 0.15) is 6.92 Å². The number of esters is 1. The van der Waals surface area contributed by atoms with E-state index in [1.165, 1.54) is 0 Å². The Morgan fingerprint density at radius 1 is 1.18 bits per heavy atom. The van der Waals surface area contributed by atoms with Gasteiger partial charge in [0.1, 0.15) is 0 Å². The molecule has 2 aromatic rings. The number of anilines is 4. The number of nitrogens with zero attached hydrogens (tertiary/aromatic N) is 3. The van der Waals surface area contributed by atoms with Crippen molar-refractivity contribution in [2.24, 2.45) is 5.10 Å². The van der Waals surface area contributed by atoms with E-state index in [2.05, 4.69) is 17.0 Å². The van der Waals surface area contributed by atoms with Crippen LogP contribution in [0, 0.1) is 0 Å². The SMILES string of the molecule is C=C(/C(=N/N(C)c1ccc(N)cc1)C(=O)OCC)N(C)c1ccccc1NC. The summed E-state index contributed by atoms with van der Waals surface area (Å²) in [5, 5.41) is 9.20. The largest absolute Gasteiger partial charge is 0.461 e. The lowest BCUT2D eigenvalue weighted by atomic mass is 10.2. The molecule has 7 nitrogen and oxygen atoms in total. The zero-order valence-corrected chi connectivity index (χ0v) is 16.8. The minimum atomic E-state index is -0.538. The number of para-hydroxylation sites is 2. The molecule has 0 saturated heterocycles. The van der Waals surface area contributed by atoms with E-state index in [9.17, 15) is 4.79 Å². The molecule has 7 heteroatoms. The van der Waals surface area contributed by atoms with E-state index in [0.29, 0.717) is 11.4 Å². The normalized spacial score (nSPS) is 10.9. The first-order valence-electron chi connectivity index (χ1n) is 8.93. The van der Waals surface area contributed by atoms with E-state index >= 15 is 0 Å². The summed E-state index contributed by atoms with van der Waals surface area (Å²) in [5.41, 5.74) is 9.48. The molecule has 0 aromatic heterocycles. The number of nitrogen functional groups attached to an aromatic ring is 1. The second-order valence-corrected chi connectivity index (χ2v) is 6.06. The standard InChI is InChI=1S/C21H27N5O2/c1-6-28-21(27)20(24-26(5)17-13-11-16(22)12-14-17)15(2)25(4)19-10-8-7-9-18(19)23-3/h7-14,23H,2,6,22H2,1,3-5H3/b24-20-. The predicted octanol–water partition coefficient (Wildman–Crippen LogP) is 3.32. The maximum atomic E-state index is 12.6. The van der Waals surface area contributed by atoms with E-state index in [0.717, 1.165) is 17.1 Å². The van der Waals surface area contributed by atoms with Crippen molar-refractivity contribution in [1.82, 2.24) is 0 Å². The lowest BCUT2D eigenvalue weighted by Gasteiger charge is -2.25. The Balaban J connectivity index is 2.40. The van der Waals surface area contributed by atoms with E-state index in [-0.39, 0.29) is 12.3 Å². The lowest BCUT2D eigenvalue weighted by Crippen LogP contribution is -2.31. The van der Waals surface area contributed by atoms with Crippen LogP contribution in [-0.2, 0) is 9.53 Å². The molecule has 0 aliphatic rings. The summed E-state index contributed by atoms with van der Waals surface area (Å²) in [6.45, 7) is 6.09. The van der Waals surface area contributed by atoms with Gasteiger partial charge in [-0.25, -0.2) is 4.79 Å². The summed E-state index contributed by atoms with van der Waals surface area (Å²) in [7, 11) is 5.42. The van der Waals surface area contributed by atoms with Crippen LogP contribution in [0.2, 0.25) is 0 Å². The molecule has 0 fully saturated rings. The summed E-state index contributed by atoms with van der Waals surface area (Å²) >= 11 is 0. The van der Waals surface area contributed by atoms with E-state index in [4.69, 9.17) is 10.5 Å². The molecule has 0 aliphatic carbocycles. The Bertz CT molecular complexity index is 861. The van der Waals surface area contributed by atoms with Crippen LogP contribution in [0.15, 0.2) is 65.9 Å². The summed E-state index contributed by atoms with van der Waals surface area (Å²) in [6.07, 6.45) is 0. The topological polar surface area (TPSA) is 83.2 Å². The number of carbonyl (C=O) groups is 1. The number of nitrogens with two attached hydrogens (primary N) is 1. The van der Waals surface area contributed by atoms with Crippen molar-refractivity contribution >= 4 is 34.4 Å². The maximum absolute atomic E-state index is 12.6. The Labute approximate surface area is 166 Å². The molecule has 28 heavy (non-hydrogen) atoms. The lowest BCUT2D eigenvalue weighted by molar-refractivity contribution is -0.135. The van der Waals surface area contributed by atoms with Gasteiger partial charge in [-0.2, -0.15) is 5.10 Å². The highest BCUT2D eigenvalue weighted by Gasteiger charge is 2.23. The Kier molecular flexibility index (Phi) is 7.03. The quantitative estimate of drug-likeness (QED) is 0.316. The predicted molar refractivity (Wildman–Crippen MR) is 117 cm³/mol. The van der Waals surface area contributed by atoms with Crippen molar-refractivity contribution < 1.29 is 9.53 Å². The van der Waals surface area contributed by atoms with Crippen molar-refractivity contribution in [3.8, 4) is 0 Å². The van der Waals surface area contributed by atoms with Crippen molar-refractivity contribution in [3.05, 3.63) is 60.8 Å². The van der Waals surface area contributed by atoms with Gasteiger partial charge < -0.3 is 20.7 Å². The number of benzene rings is 2. The van der Waals surface area contributed by atoms with Gasteiger partial charge in [0, 0.05) is 26.8 Å². The van der Waals surface area contributed by atoms with Gasteiger partial charge >= 0.3 is 5.97 Å². The van der Waals surface area contributed by atoms with Gasteiger partial charge in [0.2, 0.25) is 0 Å². The third kappa shape index (κ3) is 4.82. The van der Waals surface area contributed by atoms with Crippen LogP contribution in [-0.4, -0.2) is 39.4 Å². The van der Waals surface area contributed by atoms with Gasteiger partial charge in [-0.15, -0.1) is 0 Å². The zero-order valence-electron chi connectivity index (χ0n) is 16.8. The van der Waals surface area contributed by atoms with Gasteiger partial charge in [0.05, 0.1) is 29.4 Å². The fourth-order valence-electron chi connectivity index (χ4n) is 2.60. The Morgan fingerprint density at radius 3 is 2.43 bits per heavy atom. The van der Waals surface area contributed by atoms with Gasteiger partial charge in [-0.05, 0) is 43.3 Å². The van der Waals surface area contributed by atoms with Crippen LogP contribution in [0.3, 0.4) is 0 Å². The molecular formula is C21H27N5O2. The van der Waals surface area contributed by atoms with Crippen LogP contribution in [0.4, 0.5) is 22.7 Å². The van der Waals surface area contributed by atoms with Crippen molar-refractivity contribution in [2.45, 2.75) is 6.92 Å². The van der Waals surface area contributed by atoms with Crippen molar-refractivity contribution in [3.63, 3.8) is 0 Å². The second-order valence-electron chi connectivity index (χ2n) is 6.06. The zero-order chi connectivity index (χ0) is 20.7. The first-order valence-corrected chi connectivity index (χ1v) is 8.93. The minimum absolute atomic E-state index is 0.120. The molecule has 0 aliphatic heterocycles. The molecule has 0 unspecified atom stereocenters. The fourth-order valence-corrected chi connectivity index (χ4v) is 2.60. The number of hydrogen-bond donors (Lipinski definition) is 2. The first kappa shape index (κ1) is 20.8. The molecule has 3 N–H and O–H groups in total. The summed E-state index contributed by atoms with van der Waals surface area (Å²) < 4.78 is 5.20. The number of ether oxygens (including phenoxy) is 1. The molecular weight excluding hydrogens is 354 g/mol. The molecule has 0 saturated carbocycles. The smallest absolute Gasteiger partial charge is 0.360 e. The third-order valence-corrected chi connectivity index (χ3v) is 4.20. The number of rotatable bonds is 8. The molecule has 2 aromatic carbocycles. The number of nitrogens with one attached hydrogen (secondary N) is 1. The number of hydrazone groups is 1. The van der Waals surface area contributed by atoms with E-state index < -0.39 is 5.97 Å². The van der Waals surface area contributed by atoms with Gasteiger partial charge in [-0.1, -0.05) is 18.7 Å². The Morgan fingerprint density at radius 2 is 1.82 bits per heavy atom. The molecule has 0 heterocycles. The van der Waals surface area contributed by atoms with Crippen molar-refractivity contribution in [2.75, 3.05) is 48.7 Å². The van der Waals surface area contributed by atoms with Crippen LogP contribution in [0.5, 0.6) is 0 Å². The van der Waals surface area contributed by atoms with Crippen molar-refractivity contribution in [1.29, 1.82) is 0 Å². The van der Waals surface area contributed by atoms with Crippen LogP contribution in [0.25, 0.3) is 0 Å². The summed E-state index contributed by atoms with van der Waals surface area (Å²) in [6, 6.07) is 14.9. The second kappa shape index (κ2) is 9.45. The monoisotopic (exact) mass is 381 g/mol. The van der Waals surface area contributed by atoms with Gasteiger partial charge in [0.15, 0.2) is 5.71 Å². The third-order valence-electron chi connectivity index (χ3n) is 4.20. The van der Waals surface area contributed by atoms with Crippen LogP contribution < -0.4 is 21.0 Å². The average Bonchev–Trinajstić information content (AvgIpc) is 2.71. The molecule has 0 amide bonds. The fraction of sp³-hybridized carbons (Fsp3) is 0.238. The van der Waals surface area contributed by atoms with Gasteiger partial charge in [0.25, 0.3) is 0 Å². The molecule has 0 spiro atoms. The number of carbonyl (C=O) groups excluding carboxylic acids is 1. The van der Waals surface area contributed by atoms with E-state index in [1.807, 2.05) is 50.5 Å². The maximum Gasteiger partial charge on any atom is 0.360 e. The molecule has 0 atom stereocenters. The van der Waals surface area contributed by atoms with E-state index in [1.54, 1.807) is 36.0 Å². The highest BCUT2D eigenvalue weighted by atomic mass is 16.5. The first-order chi connectivity index (χ1) is 13.4. The molecule has 2 rings (SSSR count). The van der Waals surface area contributed by atoms with Gasteiger partial charge in [-0.3, -0.25) is 5.01 Å². The molecule has 0 radical (unpaired) electrons. The average molecular weight is 381 g/mol. The molecule has 0 bridgehead atoms. The minimum Gasteiger partial charge on any atom is -0.461 e. The Hall–Kier alpha value is -3.48. The number of hydrogen-bond acceptors (Lipinski definition) is 7. The summed E-state index contributed by atoms with van der Waals surface area (Å²) in [4.78, 5) is 14.4. The van der Waals surface area contributed by atoms with Crippen LogP contribution >= 0.6 is 0 Å². The highest BCUT2D eigenvalue weighted by Crippen LogP contribution is 2.27. The summed E-state index contributed by atoms with van der Waals surface area (Å²) in [5.74, 6) is -0.538. The molecule has 148 valence electrons.